The average Bonchev–Trinajstić information content (AvgIpc) is 2.72. The van der Waals surface area contributed by atoms with Crippen molar-refractivity contribution in [3.63, 3.8) is 0 Å². The van der Waals surface area contributed by atoms with Crippen molar-refractivity contribution in [2.45, 2.75) is 70.5 Å². The van der Waals surface area contributed by atoms with Crippen LogP contribution in [0.15, 0.2) is 24.5 Å². The molecule has 0 aliphatic carbocycles. The van der Waals surface area contributed by atoms with Crippen LogP contribution in [0.5, 0.6) is 0 Å². The van der Waals surface area contributed by atoms with Gasteiger partial charge in [0.1, 0.15) is 16.6 Å². The second kappa shape index (κ2) is 12.7. The molecule has 9 heteroatoms. The number of carboxylic acids is 1. The summed E-state index contributed by atoms with van der Waals surface area (Å²) < 4.78 is 0.997. The minimum Gasteiger partial charge on any atom is -0.480 e. The zero-order valence-corrected chi connectivity index (χ0v) is 20.3. The molecule has 0 aliphatic rings. The summed E-state index contributed by atoms with van der Waals surface area (Å²) in [4.78, 5) is 17.9. The predicted octanol–water partition coefficient (Wildman–Crippen LogP) is 5.50. The number of nitrogens with zero attached hydrogens (tertiary/aromatic N) is 4. The molecule has 2 heterocycles. The number of H-pyrrole nitrogens is 1. The summed E-state index contributed by atoms with van der Waals surface area (Å²) in [7, 11) is 2.69. The first-order valence-corrected chi connectivity index (χ1v) is 12.9. The van der Waals surface area contributed by atoms with Crippen molar-refractivity contribution in [2.24, 2.45) is 0 Å². The normalized spacial score (nSPS) is 11.4. The van der Waals surface area contributed by atoms with Crippen LogP contribution < -0.4 is 4.90 Å². The number of anilines is 1. The Bertz CT molecular complexity index is 844. The van der Waals surface area contributed by atoms with E-state index in [1.807, 2.05) is 16.4 Å². The SMILES string of the molecule is CCCCCCCN(CCCc1cn(SSC(C)(C)C(=O)O)[nH]1)c1ncccc1C#N. The van der Waals surface area contributed by atoms with Gasteiger partial charge in [-0.1, -0.05) is 43.4 Å². The van der Waals surface area contributed by atoms with E-state index in [1.54, 1.807) is 26.1 Å². The van der Waals surface area contributed by atoms with E-state index in [0.717, 1.165) is 43.9 Å². The Morgan fingerprint density at radius 2 is 2.00 bits per heavy atom. The van der Waals surface area contributed by atoms with Crippen LogP contribution in [0.25, 0.3) is 0 Å². The van der Waals surface area contributed by atoms with Gasteiger partial charge in [0.25, 0.3) is 0 Å². The first-order chi connectivity index (χ1) is 14.9. The zero-order valence-electron chi connectivity index (χ0n) is 18.6. The molecule has 2 rings (SSSR count). The molecule has 0 radical (unpaired) electrons. The molecule has 0 amide bonds. The Morgan fingerprint density at radius 1 is 1.29 bits per heavy atom. The van der Waals surface area contributed by atoms with Crippen LogP contribution >= 0.6 is 21.8 Å². The largest absolute Gasteiger partial charge is 0.480 e. The van der Waals surface area contributed by atoms with Gasteiger partial charge in [-0.05, 0) is 45.2 Å². The standard InChI is InChI=1S/C22H33N5O2S2/c1-4-5-6-7-8-14-26(20-18(16-23)11-9-13-24-20)15-10-12-19-17-27(25-19)31-30-22(2,3)21(28)29/h9,11,13,17,25H,4-8,10,12,14-15H2,1-3H3,(H,28,29). The first-order valence-electron chi connectivity index (χ1n) is 10.8. The molecule has 0 aliphatic heterocycles. The molecule has 2 aromatic rings. The fourth-order valence-electron chi connectivity index (χ4n) is 3.03. The maximum Gasteiger partial charge on any atom is 0.320 e. The number of nitrogens with one attached hydrogen (secondary N) is 1. The van der Waals surface area contributed by atoms with Crippen molar-refractivity contribution in [3.8, 4) is 6.07 Å². The number of nitriles is 1. The van der Waals surface area contributed by atoms with Crippen molar-refractivity contribution < 1.29 is 9.90 Å². The molecule has 170 valence electrons. The number of rotatable bonds is 15. The van der Waals surface area contributed by atoms with Gasteiger partial charge in [0, 0.05) is 30.3 Å². The quantitative estimate of drug-likeness (QED) is 0.266. The van der Waals surface area contributed by atoms with E-state index in [4.69, 9.17) is 0 Å². The van der Waals surface area contributed by atoms with E-state index in [9.17, 15) is 15.2 Å². The minimum absolute atomic E-state index is 0.623. The van der Waals surface area contributed by atoms with Gasteiger partial charge >= 0.3 is 5.97 Å². The lowest BCUT2D eigenvalue weighted by Crippen LogP contribution is -2.28. The van der Waals surface area contributed by atoms with Crippen molar-refractivity contribution in [2.75, 3.05) is 18.0 Å². The number of pyridine rings is 1. The van der Waals surface area contributed by atoms with Crippen LogP contribution in [-0.2, 0) is 11.2 Å². The highest BCUT2D eigenvalue weighted by Crippen LogP contribution is 2.36. The Morgan fingerprint density at radius 3 is 2.68 bits per heavy atom. The third kappa shape index (κ3) is 8.19. The lowest BCUT2D eigenvalue weighted by Gasteiger charge is -2.25. The molecule has 0 atom stereocenters. The molecule has 0 fully saturated rings. The third-order valence-corrected chi connectivity index (χ3v) is 7.96. The zero-order chi connectivity index (χ0) is 22.7. The molecule has 0 bridgehead atoms. The van der Waals surface area contributed by atoms with Gasteiger partial charge < -0.3 is 10.0 Å². The van der Waals surface area contributed by atoms with Crippen LogP contribution in [-0.4, -0.2) is 43.1 Å². The van der Waals surface area contributed by atoms with Crippen molar-refractivity contribution in [1.82, 2.24) is 14.2 Å². The Balaban J connectivity index is 1.85. The minimum atomic E-state index is -0.839. The Labute approximate surface area is 193 Å². The summed E-state index contributed by atoms with van der Waals surface area (Å²) in [6, 6.07) is 5.90. The van der Waals surface area contributed by atoms with Crippen LogP contribution in [0.3, 0.4) is 0 Å². The van der Waals surface area contributed by atoms with Gasteiger partial charge in [0.05, 0.1) is 17.5 Å². The van der Waals surface area contributed by atoms with E-state index in [1.165, 1.54) is 47.5 Å². The van der Waals surface area contributed by atoms with Gasteiger partial charge in [-0.2, -0.15) is 5.26 Å². The number of aromatic amines is 1. The summed E-state index contributed by atoms with van der Waals surface area (Å²) in [6.45, 7) is 7.36. The highest BCUT2D eigenvalue weighted by Gasteiger charge is 2.29. The van der Waals surface area contributed by atoms with Gasteiger partial charge in [-0.15, -0.1) is 0 Å². The molecular formula is C22H33N5O2S2. The highest BCUT2D eigenvalue weighted by molar-refractivity contribution is 8.76. The molecule has 0 saturated heterocycles. The molecule has 2 aromatic heterocycles. The molecule has 0 saturated carbocycles. The van der Waals surface area contributed by atoms with Crippen molar-refractivity contribution in [3.05, 3.63) is 35.8 Å². The molecule has 2 N–H and O–H groups in total. The van der Waals surface area contributed by atoms with E-state index >= 15 is 0 Å². The smallest absolute Gasteiger partial charge is 0.320 e. The lowest BCUT2D eigenvalue weighted by molar-refractivity contribution is -0.138. The topological polar surface area (TPSA) is 97.9 Å². The Hall–Kier alpha value is -2.05. The Kier molecular flexibility index (Phi) is 10.3. The molecular weight excluding hydrogens is 430 g/mol. The molecule has 0 aromatic carbocycles. The van der Waals surface area contributed by atoms with Crippen molar-refractivity contribution in [1.29, 1.82) is 5.26 Å². The second-order valence-electron chi connectivity index (χ2n) is 8.06. The maximum absolute atomic E-state index is 11.2. The first kappa shape index (κ1) is 25.2. The second-order valence-corrected chi connectivity index (χ2v) is 10.7. The summed E-state index contributed by atoms with van der Waals surface area (Å²) in [6.07, 6.45) is 11.6. The van der Waals surface area contributed by atoms with Crippen LogP contribution in [0.4, 0.5) is 5.82 Å². The number of aliphatic carboxylic acids is 1. The van der Waals surface area contributed by atoms with Gasteiger partial charge in [0.2, 0.25) is 0 Å². The molecule has 7 nitrogen and oxygen atoms in total. The van der Waals surface area contributed by atoms with Gasteiger partial charge in [-0.3, -0.25) is 9.89 Å². The van der Waals surface area contributed by atoms with Crippen LogP contribution in [0, 0.1) is 11.3 Å². The van der Waals surface area contributed by atoms with E-state index in [-0.39, 0.29) is 0 Å². The summed E-state index contributed by atoms with van der Waals surface area (Å²) in [5.74, 6) is -0.0451. The number of hydrogen-bond acceptors (Lipinski definition) is 6. The summed E-state index contributed by atoms with van der Waals surface area (Å²) in [5, 5.41) is 21.9. The monoisotopic (exact) mass is 463 g/mol. The molecule has 0 spiro atoms. The number of carboxylic acid groups (broad SMARTS) is 1. The third-order valence-electron chi connectivity index (χ3n) is 4.98. The van der Waals surface area contributed by atoms with Crippen molar-refractivity contribution >= 4 is 33.6 Å². The van der Waals surface area contributed by atoms with Gasteiger partial charge in [-0.25, -0.2) is 9.07 Å². The number of aromatic nitrogens is 3. The van der Waals surface area contributed by atoms with E-state index in [2.05, 4.69) is 28.0 Å². The summed E-state index contributed by atoms with van der Waals surface area (Å²) in [5.41, 5.74) is 1.75. The van der Waals surface area contributed by atoms with E-state index < -0.39 is 10.7 Å². The fourth-order valence-corrected chi connectivity index (χ4v) is 4.95. The number of carbonyl (C=O) groups is 1. The predicted molar refractivity (Wildman–Crippen MR) is 129 cm³/mol. The fraction of sp³-hybridized carbons (Fsp3) is 0.591. The molecule has 0 unspecified atom stereocenters. The molecule has 31 heavy (non-hydrogen) atoms. The summed E-state index contributed by atoms with van der Waals surface area (Å²) >= 11 is 0. The average molecular weight is 464 g/mol. The highest BCUT2D eigenvalue weighted by atomic mass is 33.1. The van der Waals surface area contributed by atoms with Gasteiger partial charge in [0.15, 0.2) is 0 Å². The van der Waals surface area contributed by atoms with Crippen LogP contribution in [0.1, 0.15) is 70.6 Å². The lowest BCUT2D eigenvalue weighted by atomic mass is 10.1. The van der Waals surface area contributed by atoms with E-state index in [0.29, 0.717) is 5.56 Å². The number of unbranched alkanes of at least 4 members (excludes halogenated alkanes) is 4. The number of hydrogen-bond donors (Lipinski definition) is 2. The number of aryl methyl sites for hydroxylation is 1. The maximum atomic E-state index is 11.2. The van der Waals surface area contributed by atoms with Crippen LogP contribution in [0.2, 0.25) is 0 Å².